The van der Waals surface area contributed by atoms with Crippen LogP contribution in [-0.4, -0.2) is 34.8 Å². The molecule has 2 N–H and O–H groups in total. The Kier molecular flexibility index (Phi) is 6.69. The third-order valence-corrected chi connectivity index (χ3v) is 4.05. The Balaban J connectivity index is 2.06. The van der Waals surface area contributed by atoms with Gasteiger partial charge in [0.25, 0.3) is 0 Å². The number of aliphatic hydroxyl groups is 1. The van der Waals surface area contributed by atoms with Crippen LogP contribution in [0.3, 0.4) is 0 Å². The number of hydrogen-bond donors (Lipinski definition) is 2. The van der Waals surface area contributed by atoms with Gasteiger partial charge in [0.05, 0.1) is 6.10 Å². The SMILES string of the molecule is CCSCCC(C)NC1CCC(O)CC1. The third-order valence-electron chi connectivity index (χ3n) is 3.12. The van der Waals surface area contributed by atoms with Crippen LogP contribution in [0, 0.1) is 0 Å². The molecule has 0 saturated heterocycles. The van der Waals surface area contributed by atoms with Gasteiger partial charge in [0.1, 0.15) is 0 Å². The summed E-state index contributed by atoms with van der Waals surface area (Å²) in [4.78, 5) is 0. The zero-order chi connectivity index (χ0) is 11.1. The Labute approximate surface area is 98.2 Å². The lowest BCUT2D eigenvalue weighted by Crippen LogP contribution is -2.40. The molecule has 1 aliphatic carbocycles. The molecule has 1 unspecified atom stereocenters. The van der Waals surface area contributed by atoms with E-state index < -0.39 is 0 Å². The van der Waals surface area contributed by atoms with E-state index in [9.17, 15) is 5.11 Å². The van der Waals surface area contributed by atoms with Crippen molar-refractivity contribution in [3.8, 4) is 0 Å². The van der Waals surface area contributed by atoms with E-state index in [0.29, 0.717) is 12.1 Å². The monoisotopic (exact) mass is 231 g/mol. The second-order valence-electron chi connectivity index (χ2n) is 4.56. The van der Waals surface area contributed by atoms with E-state index in [0.717, 1.165) is 25.7 Å². The Hall–Kier alpha value is 0.270. The van der Waals surface area contributed by atoms with Crippen molar-refractivity contribution in [1.82, 2.24) is 5.32 Å². The minimum absolute atomic E-state index is 0.0333. The molecule has 0 aliphatic heterocycles. The largest absolute Gasteiger partial charge is 0.393 e. The fourth-order valence-electron chi connectivity index (χ4n) is 2.13. The van der Waals surface area contributed by atoms with Crippen LogP contribution in [0.1, 0.15) is 46.0 Å². The van der Waals surface area contributed by atoms with Gasteiger partial charge in [0.15, 0.2) is 0 Å². The molecule has 15 heavy (non-hydrogen) atoms. The average Bonchev–Trinajstić information content (AvgIpc) is 2.22. The fourth-order valence-corrected chi connectivity index (χ4v) is 2.94. The highest BCUT2D eigenvalue weighted by atomic mass is 32.2. The number of rotatable bonds is 6. The van der Waals surface area contributed by atoms with E-state index >= 15 is 0 Å². The van der Waals surface area contributed by atoms with Crippen LogP contribution in [0.4, 0.5) is 0 Å². The summed E-state index contributed by atoms with van der Waals surface area (Å²) in [5.41, 5.74) is 0. The normalized spacial score (nSPS) is 29.0. The van der Waals surface area contributed by atoms with Gasteiger partial charge in [0.2, 0.25) is 0 Å². The van der Waals surface area contributed by atoms with Crippen molar-refractivity contribution in [2.24, 2.45) is 0 Å². The lowest BCUT2D eigenvalue weighted by Gasteiger charge is -2.29. The van der Waals surface area contributed by atoms with Gasteiger partial charge in [-0.05, 0) is 50.5 Å². The molecular weight excluding hydrogens is 206 g/mol. The Morgan fingerprint density at radius 3 is 2.60 bits per heavy atom. The summed E-state index contributed by atoms with van der Waals surface area (Å²) < 4.78 is 0. The van der Waals surface area contributed by atoms with Gasteiger partial charge < -0.3 is 10.4 Å². The molecule has 1 fully saturated rings. The average molecular weight is 231 g/mol. The van der Waals surface area contributed by atoms with Crippen molar-refractivity contribution < 1.29 is 5.11 Å². The summed E-state index contributed by atoms with van der Waals surface area (Å²) in [7, 11) is 0. The molecule has 0 heterocycles. The molecule has 3 heteroatoms. The number of aliphatic hydroxyl groups excluding tert-OH is 1. The zero-order valence-electron chi connectivity index (χ0n) is 10.0. The molecule has 2 nitrogen and oxygen atoms in total. The van der Waals surface area contributed by atoms with Crippen molar-refractivity contribution in [2.45, 2.75) is 64.1 Å². The smallest absolute Gasteiger partial charge is 0.0541 e. The van der Waals surface area contributed by atoms with Crippen molar-refractivity contribution in [2.75, 3.05) is 11.5 Å². The molecule has 0 aromatic rings. The molecule has 1 aliphatic rings. The summed E-state index contributed by atoms with van der Waals surface area (Å²) in [5, 5.41) is 13.1. The Morgan fingerprint density at radius 1 is 1.33 bits per heavy atom. The van der Waals surface area contributed by atoms with E-state index in [-0.39, 0.29) is 6.10 Å². The first kappa shape index (κ1) is 13.3. The summed E-state index contributed by atoms with van der Waals surface area (Å²) in [6.07, 6.45) is 5.48. The maximum absolute atomic E-state index is 9.40. The van der Waals surface area contributed by atoms with Crippen molar-refractivity contribution in [1.29, 1.82) is 0 Å². The number of thioether (sulfide) groups is 1. The minimum Gasteiger partial charge on any atom is -0.393 e. The quantitative estimate of drug-likeness (QED) is 0.689. The summed E-state index contributed by atoms with van der Waals surface area (Å²) in [6, 6.07) is 1.28. The third kappa shape index (κ3) is 5.79. The number of nitrogens with one attached hydrogen (secondary N) is 1. The van der Waals surface area contributed by atoms with Crippen LogP contribution < -0.4 is 5.32 Å². The summed E-state index contributed by atoms with van der Waals surface area (Å²) in [5.74, 6) is 2.49. The van der Waals surface area contributed by atoms with Gasteiger partial charge in [-0.2, -0.15) is 11.8 Å². The van der Waals surface area contributed by atoms with Gasteiger partial charge in [-0.3, -0.25) is 0 Å². The van der Waals surface area contributed by atoms with E-state index in [4.69, 9.17) is 0 Å². The van der Waals surface area contributed by atoms with Crippen LogP contribution in [0.15, 0.2) is 0 Å². The van der Waals surface area contributed by atoms with Crippen LogP contribution >= 0.6 is 11.8 Å². The first-order valence-corrected chi connectivity index (χ1v) is 7.39. The zero-order valence-corrected chi connectivity index (χ0v) is 10.9. The van der Waals surface area contributed by atoms with Crippen LogP contribution in [0.2, 0.25) is 0 Å². The minimum atomic E-state index is -0.0333. The maximum atomic E-state index is 9.40. The predicted molar refractivity (Wildman–Crippen MR) is 68.5 cm³/mol. The van der Waals surface area contributed by atoms with Crippen LogP contribution in [-0.2, 0) is 0 Å². The van der Waals surface area contributed by atoms with E-state index in [1.54, 1.807) is 0 Å². The molecule has 0 aromatic heterocycles. The fraction of sp³-hybridized carbons (Fsp3) is 1.00. The van der Waals surface area contributed by atoms with E-state index in [1.165, 1.54) is 17.9 Å². The Morgan fingerprint density at radius 2 is 2.00 bits per heavy atom. The first-order valence-electron chi connectivity index (χ1n) is 6.24. The molecule has 0 aromatic carbocycles. The van der Waals surface area contributed by atoms with Gasteiger partial charge in [-0.25, -0.2) is 0 Å². The number of hydrogen-bond acceptors (Lipinski definition) is 3. The molecule has 90 valence electrons. The lowest BCUT2D eigenvalue weighted by atomic mass is 9.92. The molecular formula is C12H25NOS. The highest BCUT2D eigenvalue weighted by Gasteiger charge is 2.20. The van der Waals surface area contributed by atoms with Crippen LogP contribution in [0.25, 0.3) is 0 Å². The van der Waals surface area contributed by atoms with Gasteiger partial charge in [-0.15, -0.1) is 0 Å². The molecule has 1 rings (SSSR count). The van der Waals surface area contributed by atoms with Crippen LogP contribution in [0.5, 0.6) is 0 Å². The van der Waals surface area contributed by atoms with Crippen molar-refractivity contribution in [3.05, 3.63) is 0 Å². The van der Waals surface area contributed by atoms with Crippen molar-refractivity contribution in [3.63, 3.8) is 0 Å². The standard InChI is InChI=1S/C12H25NOS/c1-3-15-9-8-10(2)13-11-4-6-12(14)7-5-11/h10-14H,3-9H2,1-2H3. The maximum Gasteiger partial charge on any atom is 0.0541 e. The molecule has 1 atom stereocenters. The molecule has 0 radical (unpaired) electrons. The van der Waals surface area contributed by atoms with Crippen molar-refractivity contribution >= 4 is 11.8 Å². The highest BCUT2D eigenvalue weighted by Crippen LogP contribution is 2.19. The lowest BCUT2D eigenvalue weighted by molar-refractivity contribution is 0.114. The first-order chi connectivity index (χ1) is 7.22. The Bertz CT molecular complexity index is 158. The topological polar surface area (TPSA) is 32.3 Å². The van der Waals surface area contributed by atoms with E-state index in [1.807, 2.05) is 11.8 Å². The predicted octanol–water partition coefficient (Wildman–Crippen LogP) is 2.41. The highest BCUT2D eigenvalue weighted by molar-refractivity contribution is 7.99. The molecule has 1 saturated carbocycles. The van der Waals surface area contributed by atoms with E-state index in [2.05, 4.69) is 19.2 Å². The second-order valence-corrected chi connectivity index (χ2v) is 5.95. The molecule has 0 bridgehead atoms. The second kappa shape index (κ2) is 7.53. The van der Waals surface area contributed by atoms with Gasteiger partial charge >= 0.3 is 0 Å². The molecule has 0 spiro atoms. The molecule has 0 amide bonds. The summed E-state index contributed by atoms with van der Waals surface area (Å²) in [6.45, 7) is 4.49. The van der Waals surface area contributed by atoms with Gasteiger partial charge in [-0.1, -0.05) is 6.92 Å². The summed E-state index contributed by atoms with van der Waals surface area (Å²) >= 11 is 2.02. The van der Waals surface area contributed by atoms with Gasteiger partial charge in [0, 0.05) is 12.1 Å².